The highest BCUT2D eigenvalue weighted by Crippen LogP contribution is 2.19. The van der Waals surface area contributed by atoms with Gasteiger partial charge in [0, 0.05) is 30.9 Å². The molecule has 1 fully saturated rings. The standard InChI is InChI=1S/C17H20N4O3S/c1-10-9-15(23)20-17(18-10)21-7-5-12(6-8-21)19-16(24)14-4-3-13(25-14)11(2)22/h3-4,9,12H,5-8H2,1-2H3,(H,19,24)(H,18,20,23). The SMILES string of the molecule is CC(=O)c1ccc(C(=O)NC2CCN(c3nc(C)cc(=O)[nH]3)CC2)s1. The molecule has 1 saturated heterocycles. The highest BCUT2D eigenvalue weighted by Gasteiger charge is 2.23. The maximum atomic E-state index is 12.3. The molecule has 7 nitrogen and oxygen atoms in total. The average molecular weight is 360 g/mol. The summed E-state index contributed by atoms with van der Waals surface area (Å²) in [6.45, 7) is 4.70. The number of ketones is 1. The number of thiophene rings is 1. The van der Waals surface area contributed by atoms with E-state index in [0.717, 1.165) is 12.8 Å². The smallest absolute Gasteiger partial charge is 0.261 e. The van der Waals surface area contributed by atoms with E-state index < -0.39 is 0 Å². The average Bonchev–Trinajstić information content (AvgIpc) is 3.05. The van der Waals surface area contributed by atoms with Gasteiger partial charge in [0.2, 0.25) is 5.95 Å². The van der Waals surface area contributed by atoms with Crippen molar-refractivity contribution >= 4 is 29.0 Å². The molecular weight excluding hydrogens is 340 g/mol. The number of Topliss-reactive ketones (excluding diaryl/α,β-unsaturated/α-hetero) is 1. The zero-order valence-electron chi connectivity index (χ0n) is 14.2. The Kier molecular flexibility index (Phi) is 4.98. The van der Waals surface area contributed by atoms with Crippen LogP contribution in [0.5, 0.6) is 0 Å². The second-order valence-electron chi connectivity index (χ2n) is 6.17. The van der Waals surface area contributed by atoms with Crippen molar-refractivity contribution in [1.29, 1.82) is 0 Å². The highest BCUT2D eigenvalue weighted by atomic mass is 32.1. The number of nitrogens with zero attached hydrogens (tertiary/aromatic N) is 2. The Morgan fingerprint density at radius 3 is 2.56 bits per heavy atom. The van der Waals surface area contributed by atoms with Gasteiger partial charge in [-0.2, -0.15) is 0 Å². The minimum absolute atomic E-state index is 0.0306. The van der Waals surface area contributed by atoms with Crippen molar-refractivity contribution in [3.63, 3.8) is 0 Å². The first kappa shape index (κ1) is 17.3. The van der Waals surface area contributed by atoms with Crippen LogP contribution in [-0.2, 0) is 0 Å². The lowest BCUT2D eigenvalue weighted by Crippen LogP contribution is -2.45. The van der Waals surface area contributed by atoms with Gasteiger partial charge in [-0.15, -0.1) is 11.3 Å². The van der Waals surface area contributed by atoms with Gasteiger partial charge in [-0.25, -0.2) is 4.98 Å². The summed E-state index contributed by atoms with van der Waals surface area (Å²) in [5, 5.41) is 3.02. The van der Waals surface area contributed by atoms with Crippen LogP contribution in [0.25, 0.3) is 0 Å². The van der Waals surface area contributed by atoms with E-state index in [1.807, 2.05) is 4.90 Å². The Labute approximate surface area is 149 Å². The summed E-state index contributed by atoms with van der Waals surface area (Å²) in [6, 6.07) is 4.91. The van der Waals surface area contributed by atoms with Crippen molar-refractivity contribution in [1.82, 2.24) is 15.3 Å². The van der Waals surface area contributed by atoms with Crippen LogP contribution in [0.4, 0.5) is 5.95 Å². The van der Waals surface area contributed by atoms with E-state index in [0.29, 0.717) is 34.5 Å². The number of nitrogens with one attached hydrogen (secondary N) is 2. The molecule has 3 rings (SSSR count). The molecule has 0 bridgehead atoms. The summed E-state index contributed by atoms with van der Waals surface area (Å²) >= 11 is 1.22. The minimum atomic E-state index is -0.156. The molecule has 0 aromatic carbocycles. The predicted molar refractivity (Wildman–Crippen MR) is 96.6 cm³/mol. The first-order valence-corrected chi connectivity index (χ1v) is 8.98. The number of carbonyl (C=O) groups is 2. The van der Waals surface area contributed by atoms with Gasteiger partial charge in [-0.1, -0.05) is 0 Å². The number of hydrogen-bond donors (Lipinski definition) is 2. The van der Waals surface area contributed by atoms with Gasteiger partial charge in [-0.05, 0) is 38.8 Å². The molecule has 132 valence electrons. The topological polar surface area (TPSA) is 95.2 Å². The molecule has 3 heterocycles. The van der Waals surface area contributed by atoms with Crippen LogP contribution in [0.1, 0.15) is 44.8 Å². The zero-order chi connectivity index (χ0) is 18.0. The van der Waals surface area contributed by atoms with Gasteiger partial charge in [-0.3, -0.25) is 19.4 Å². The summed E-state index contributed by atoms with van der Waals surface area (Å²) in [4.78, 5) is 45.5. The lowest BCUT2D eigenvalue weighted by Gasteiger charge is -2.32. The molecule has 0 aliphatic carbocycles. The van der Waals surface area contributed by atoms with Gasteiger partial charge in [0.05, 0.1) is 9.75 Å². The molecule has 1 aliphatic heterocycles. The molecular formula is C17H20N4O3S. The largest absolute Gasteiger partial charge is 0.348 e. The highest BCUT2D eigenvalue weighted by molar-refractivity contribution is 7.15. The maximum Gasteiger partial charge on any atom is 0.261 e. The lowest BCUT2D eigenvalue weighted by atomic mass is 10.1. The van der Waals surface area contributed by atoms with Crippen molar-refractivity contribution in [2.75, 3.05) is 18.0 Å². The van der Waals surface area contributed by atoms with E-state index >= 15 is 0 Å². The van der Waals surface area contributed by atoms with Crippen LogP contribution < -0.4 is 15.8 Å². The Morgan fingerprint density at radius 2 is 1.96 bits per heavy atom. The van der Waals surface area contributed by atoms with Gasteiger partial charge in [0.15, 0.2) is 5.78 Å². The molecule has 0 saturated carbocycles. The number of H-pyrrole nitrogens is 1. The molecule has 0 atom stereocenters. The lowest BCUT2D eigenvalue weighted by molar-refractivity contribution is 0.0934. The molecule has 0 spiro atoms. The second kappa shape index (κ2) is 7.18. The number of piperidine rings is 1. The number of rotatable bonds is 4. The van der Waals surface area contributed by atoms with Crippen molar-refractivity contribution in [3.8, 4) is 0 Å². The molecule has 1 amide bonds. The maximum absolute atomic E-state index is 12.3. The fourth-order valence-corrected chi connectivity index (χ4v) is 3.66. The Hall–Kier alpha value is -2.48. The van der Waals surface area contributed by atoms with Crippen LogP contribution in [-0.4, -0.2) is 40.8 Å². The van der Waals surface area contributed by atoms with Crippen molar-refractivity contribution < 1.29 is 9.59 Å². The van der Waals surface area contributed by atoms with Crippen LogP contribution in [0.2, 0.25) is 0 Å². The van der Waals surface area contributed by atoms with Crippen molar-refractivity contribution in [2.24, 2.45) is 0 Å². The molecule has 0 radical (unpaired) electrons. The van der Waals surface area contributed by atoms with Crippen LogP contribution in [0.3, 0.4) is 0 Å². The van der Waals surface area contributed by atoms with E-state index in [1.165, 1.54) is 24.3 Å². The van der Waals surface area contributed by atoms with Gasteiger partial charge < -0.3 is 10.2 Å². The number of aryl methyl sites for hydroxylation is 1. The first-order chi connectivity index (χ1) is 11.9. The molecule has 1 aliphatic rings. The van der Waals surface area contributed by atoms with E-state index in [9.17, 15) is 14.4 Å². The number of anilines is 1. The summed E-state index contributed by atoms with van der Waals surface area (Å²) in [7, 11) is 0. The summed E-state index contributed by atoms with van der Waals surface area (Å²) < 4.78 is 0. The number of aromatic nitrogens is 2. The number of carbonyl (C=O) groups excluding carboxylic acids is 2. The summed E-state index contributed by atoms with van der Waals surface area (Å²) in [5.41, 5.74) is 0.532. The van der Waals surface area contributed by atoms with Crippen LogP contribution in [0.15, 0.2) is 23.0 Å². The quantitative estimate of drug-likeness (QED) is 0.810. The third kappa shape index (κ3) is 4.14. The monoisotopic (exact) mass is 360 g/mol. The van der Waals surface area contributed by atoms with E-state index in [4.69, 9.17) is 0 Å². The van der Waals surface area contributed by atoms with Crippen molar-refractivity contribution in [2.45, 2.75) is 32.7 Å². The van der Waals surface area contributed by atoms with Crippen LogP contribution in [0, 0.1) is 6.92 Å². The van der Waals surface area contributed by atoms with E-state index in [2.05, 4.69) is 15.3 Å². The van der Waals surface area contributed by atoms with Gasteiger partial charge in [0.25, 0.3) is 11.5 Å². The second-order valence-corrected chi connectivity index (χ2v) is 7.25. The third-order valence-corrected chi connectivity index (χ3v) is 5.35. The molecule has 2 aromatic rings. The number of amides is 1. The Morgan fingerprint density at radius 1 is 1.28 bits per heavy atom. The van der Waals surface area contributed by atoms with E-state index in [1.54, 1.807) is 19.1 Å². The fraction of sp³-hybridized carbons (Fsp3) is 0.412. The fourth-order valence-electron chi connectivity index (χ4n) is 2.85. The first-order valence-electron chi connectivity index (χ1n) is 8.17. The molecule has 0 unspecified atom stereocenters. The minimum Gasteiger partial charge on any atom is -0.348 e. The van der Waals surface area contributed by atoms with Crippen LogP contribution >= 0.6 is 11.3 Å². The molecule has 25 heavy (non-hydrogen) atoms. The molecule has 2 aromatic heterocycles. The van der Waals surface area contributed by atoms with Gasteiger partial charge >= 0.3 is 0 Å². The number of hydrogen-bond acceptors (Lipinski definition) is 6. The predicted octanol–water partition coefficient (Wildman–Crippen LogP) is 1.74. The van der Waals surface area contributed by atoms with E-state index in [-0.39, 0.29) is 23.3 Å². The summed E-state index contributed by atoms with van der Waals surface area (Å²) in [6.07, 6.45) is 1.54. The zero-order valence-corrected chi connectivity index (χ0v) is 15.0. The Balaban J connectivity index is 1.57. The van der Waals surface area contributed by atoms with Crippen molar-refractivity contribution in [3.05, 3.63) is 44.0 Å². The molecule has 2 N–H and O–H groups in total. The summed E-state index contributed by atoms with van der Waals surface area (Å²) in [5.74, 6) is 0.411. The third-order valence-electron chi connectivity index (χ3n) is 4.16. The molecule has 8 heteroatoms. The number of aromatic amines is 1. The normalized spacial score (nSPS) is 15.2. The van der Waals surface area contributed by atoms with Gasteiger partial charge in [0.1, 0.15) is 0 Å². The Bertz CT molecular complexity index is 850.